The molecule has 1 heterocycles. The van der Waals surface area contributed by atoms with Crippen molar-refractivity contribution in [1.82, 2.24) is 5.32 Å². The molecule has 0 aromatic heterocycles. The van der Waals surface area contributed by atoms with Crippen LogP contribution in [0.3, 0.4) is 0 Å². The Balaban J connectivity index is 2.16. The van der Waals surface area contributed by atoms with Crippen molar-refractivity contribution in [1.29, 1.82) is 0 Å². The van der Waals surface area contributed by atoms with E-state index in [0.29, 0.717) is 5.92 Å². The van der Waals surface area contributed by atoms with Gasteiger partial charge in [-0.2, -0.15) is 0 Å². The van der Waals surface area contributed by atoms with E-state index < -0.39 is 11.6 Å². The molecule has 0 radical (unpaired) electrons. The summed E-state index contributed by atoms with van der Waals surface area (Å²) in [6, 6.07) is 1.89. The Bertz CT molecular complexity index is 422. The van der Waals surface area contributed by atoms with Gasteiger partial charge in [0.1, 0.15) is 28.5 Å². The highest BCUT2D eigenvalue weighted by Gasteiger charge is 2.26. The predicted molar refractivity (Wildman–Crippen MR) is 67.1 cm³/mol. The molecule has 1 aromatic rings. The topological polar surface area (TPSA) is 21.3 Å². The monoisotopic (exact) mass is 275 g/mol. The van der Waals surface area contributed by atoms with Crippen molar-refractivity contribution < 1.29 is 13.5 Å². The first-order valence-corrected chi connectivity index (χ1v) is 6.51. The zero-order valence-electron chi connectivity index (χ0n) is 10.2. The fraction of sp³-hybridized carbons (Fsp3) is 0.538. The van der Waals surface area contributed by atoms with E-state index in [1.165, 1.54) is 0 Å². The summed E-state index contributed by atoms with van der Waals surface area (Å²) in [5, 5.41) is 3.10. The second-order valence-electron chi connectivity index (χ2n) is 4.52. The van der Waals surface area contributed by atoms with Crippen LogP contribution in [0.2, 0.25) is 5.02 Å². The summed E-state index contributed by atoms with van der Waals surface area (Å²) >= 11 is 5.79. The van der Waals surface area contributed by atoms with Crippen LogP contribution in [0.1, 0.15) is 19.8 Å². The van der Waals surface area contributed by atoms with Crippen molar-refractivity contribution in [3.63, 3.8) is 0 Å². The molecular weight excluding hydrogens is 260 g/mol. The van der Waals surface area contributed by atoms with Crippen molar-refractivity contribution in [2.75, 3.05) is 13.1 Å². The summed E-state index contributed by atoms with van der Waals surface area (Å²) in [5.74, 6) is -1.01. The van der Waals surface area contributed by atoms with E-state index in [1.54, 1.807) is 0 Å². The van der Waals surface area contributed by atoms with Crippen molar-refractivity contribution in [2.24, 2.45) is 5.92 Å². The highest BCUT2D eigenvalue weighted by molar-refractivity contribution is 6.32. The van der Waals surface area contributed by atoms with Crippen LogP contribution in [0.4, 0.5) is 8.78 Å². The van der Waals surface area contributed by atoms with Crippen molar-refractivity contribution in [3.05, 3.63) is 28.8 Å². The Morgan fingerprint density at radius 2 is 2.28 bits per heavy atom. The van der Waals surface area contributed by atoms with E-state index in [1.807, 2.05) is 6.92 Å². The average Bonchev–Trinajstić information content (AvgIpc) is 2.85. The maximum Gasteiger partial charge on any atom is 0.148 e. The van der Waals surface area contributed by atoms with E-state index in [2.05, 4.69) is 5.32 Å². The molecule has 2 atom stereocenters. The number of benzene rings is 1. The lowest BCUT2D eigenvalue weighted by Gasteiger charge is -2.23. The molecule has 1 fully saturated rings. The minimum atomic E-state index is -0.786. The lowest BCUT2D eigenvalue weighted by atomic mass is 9.99. The van der Waals surface area contributed by atoms with Gasteiger partial charge in [0.05, 0.1) is 0 Å². The maximum atomic E-state index is 13.3. The molecule has 1 N–H and O–H groups in total. The molecule has 1 saturated heterocycles. The third-order valence-corrected chi connectivity index (χ3v) is 3.63. The summed E-state index contributed by atoms with van der Waals surface area (Å²) < 4.78 is 32.1. The highest BCUT2D eigenvalue weighted by Crippen LogP contribution is 2.31. The van der Waals surface area contributed by atoms with Crippen LogP contribution < -0.4 is 10.1 Å². The molecule has 100 valence electrons. The second-order valence-corrected chi connectivity index (χ2v) is 4.90. The molecule has 18 heavy (non-hydrogen) atoms. The van der Waals surface area contributed by atoms with Crippen LogP contribution in [0, 0.1) is 17.6 Å². The van der Waals surface area contributed by atoms with Gasteiger partial charge in [0, 0.05) is 24.6 Å². The Hall–Kier alpha value is -0.870. The first kappa shape index (κ1) is 13.6. The third kappa shape index (κ3) is 2.93. The van der Waals surface area contributed by atoms with Crippen LogP contribution in [-0.4, -0.2) is 19.2 Å². The zero-order valence-corrected chi connectivity index (χ0v) is 10.9. The number of ether oxygens (including phenoxy) is 1. The largest absolute Gasteiger partial charge is 0.488 e. The van der Waals surface area contributed by atoms with Gasteiger partial charge in [-0.1, -0.05) is 18.5 Å². The van der Waals surface area contributed by atoms with E-state index in [9.17, 15) is 8.78 Å². The predicted octanol–water partition coefficient (Wildman–Crippen LogP) is 3.39. The van der Waals surface area contributed by atoms with Gasteiger partial charge >= 0.3 is 0 Å². The Morgan fingerprint density at radius 1 is 1.50 bits per heavy atom. The molecule has 5 heteroatoms. The lowest BCUT2D eigenvalue weighted by molar-refractivity contribution is 0.137. The average molecular weight is 276 g/mol. The van der Waals surface area contributed by atoms with Crippen LogP contribution in [0.25, 0.3) is 0 Å². The second kappa shape index (κ2) is 5.85. The smallest absolute Gasteiger partial charge is 0.148 e. The molecular formula is C13H16ClF2NO. The standard InChI is InChI=1S/C13H16ClF2NO/c1-2-11(8-3-4-17-7-8)18-12-6-9(15)5-10(16)13(12)14/h5-6,8,11,17H,2-4,7H2,1H3/t8?,11-/m1/s1. The summed E-state index contributed by atoms with van der Waals surface area (Å²) in [7, 11) is 0. The number of halogens is 3. The molecule has 1 unspecified atom stereocenters. The van der Waals surface area contributed by atoms with Gasteiger partial charge in [-0.3, -0.25) is 0 Å². The van der Waals surface area contributed by atoms with Crippen molar-refractivity contribution in [3.8, 4) is 5.75 Å². The minimum Gasteiger partial charge on any atom is -0.488 e. The van der Waals surface area contributed by atoms with Crippen molar-refractivity contribution in [2.45, 2.75) is 25.9 Å². The van der Waals surface area contributed by atoms with Gasteiger partial charge in [-0.15, -0.1) is 0 Å². The quantitative estimate of drug-likeness (QED) is 0.851. The zero-order chi connectivity index (χ0) is 13.1. The highest BCUT2D eigenvalue weighted by atomic mass is 35.5. The maximum absolute atomic E-state index is 13.3. The molecule has 0 saturated carbocycles. The fourth-order valence-corrected chi connectivity index (χ4v) is 2.44. The molecule has 1 aliphatic rings. The first-order valence-electron chi connectivity index (χ1n) is 6.13. The molecule has 1 aromatic carbocycles. The van der Waals surface area contributed by atoms with Gasteiger partial charge < -0.3 is 10.1 Å². The van der Waals surface area contributed by atoms with Gasteiger partial charge in [-0.25, -0.2) is 8.78 Å². The third-order valence-electron chi connectivity index (χ3n) is 3.26. The van der Waals surface area contributed by atoms with Gasteiger partial charge in [-0.05, 0) is 19.4 Å². The normalized spacial score (nSPS) is 21.0. The van der Waals surface area contributed by atoms with Crippen molar-refractivity contribution >= 4 is 11.6 Å². The molecule has 0 amide bonds. The Kier molecular flexibility index (Phi) is 4.40. The summed E-state index contributed by atoms with van der Waals surface area (Å²) in [5.41, 5.74) is 0. The van der Waals surface area contributed by atoms with Crippen LogP contribution in [0.5, 0.6) is 5.75 Å². The number of nitrogens with one attached hydrogen (secondary N) is 1. The SMILES string of the molecule is CC[C@@H](Oc1cc(F)cc(F)c1Cl)C1CCNC1. The van der Waals surface area contributed by atoms with Gasteiger partial charge in [0.15, 0.2) is 0 Å². The molecule has 2 rings (SSSR count). The summed E-state index contributed by atoms with van der Waals surface area (Å²) in [4.78, 5) is 0. The summed E-state index contributed by atoms with van der Waals surface area (Å²) in [6.07, 6.45) is 1.72. The van der Waals surface area contributed by atoms with Gasteiger partial charge in [0.2, 0.25) is 0 Å². The number of hydrogen-bond acceptors (Lipinski definition) is 2. The molecule has 1 aliphatic heterocycles. The Morgan fingerprint density at radius 3 is 2.89 bits per heavy atom. The first-order chi connectivity index (χ1) is 8.61. The van der Waals surface area contributed by atoms with Gasteiger partial charge in [0.25, 0.3) is 0 Å². The Labute approximate surface area is 110 Å². The molecule has 0 spiro atoms. The summed E-state index contributed by atoms with van der Waals surface area (Å²) in [6.45, 7) is 3.82. The number of rotatable bonds is 4. The molecule has 2 nitrogen and oxygen atoms in total. The molecule has 0 aliphatic carbocycles. The minimum absolute atomic E-state index is 0.0706. The fourth-order valence-electron chi connectivity index (χ4n) is 2.29. The van der Waals surface area contributed by atoms with E-state index in [-0.39, 0.29) is 16.9 Å². The van der Waals surface area contributed by atoms with E-state index >= 15 is 0 Å². The van der Waals surface area contributed by atoms with Crippen LogP contribution >= 0.6 is 11.6 Å². The van der Waals surface area contributed by atoms with E-state index in [4.69, 9.17) is 16.3 Å². The van der Waals surface area contributed by atoms with E-state index in [0.717, 1.165) is 38.1 Å². The lowest BCUT2D eigenvalue weighted by Crippen LogP contribution is -2.28. The molecule has 0 bridgehead atoms. The van der Waals surface area contributed by atoms with Crippen LogP contribution in [-0.2, 0) is 0 Å². The number of hydrogen-bond donors (Lipinski definition) is 1. The van der Waals surface area contributed by atoms with Crippen LogP contribution in [0.15, 0.2) is 12.1 Å².